The van der Waals surface area contributed by atoms with Gasteiger partial charge in [-0.2, -0.15) is 0 Å². The SMILES string of the molecule is C=CSC=C.CC1(C)CC(C(=O)O)CC(C)(C)N1. The summed E-state index contributed by atoms with van der Waals surface area (Å²) >= 11 is 1.49. The van der Waals surface area contributed by atoms with Gasteiger partial charge in [0.05, 0.1) is 5.92 Å². The summed E-state index contributed by atoms with van der Waals surface area (Å²) in [4.78, 5) is 10.9. The van der Waals surface area contributed by atoms with Crippen molar-refractivity contribution in [2.45, 2.75) is 51.6 Å². The summed E-state index contributed by atoms with van der Waals surface area (Å²) in [5.41, 5.74) is -0.129. The van der Waals surface area contributed by atoms with Crippen molar-refractivity contribution in [1.82, 2.24) is 5.32 Å². The molecule has 0 radical (unpaired) electrons. The summed E-state index contributed by atoms with van der Waals surface area (Å²) in [7, 11) is 0. The topological polar surface area (TPSA) is 49.3 Å². The lowest BCUT2D eigenvalue weighted by Gasteiger charge is -2.45. The first-order valence-electron chi connectivity index (χ1n) is 6.03. The van der Waals surface area contributed by atoms with E-state index in [1.165, 1.54) is 11.8 Å². The summed E-state index contributed by atoms with van der Waals surface area (Å²) in [5, 5.41) is 15.9. The van der Waals surface area contributed by atoms with Gasteiger partial charge in [-0.1, -0.05) is 13.2 Å². The number of nitrogens with one attached hydrogen (secondary N) is 1. The Hall–Kier alpha value is -0.740. The normalized spacial score (nSPS) is 21.3. The molecule has 0 spiro atoms. The van der Waals surface area contributed by atoms with Gasteiger partial charge in [-0.05, 0) is 51.4 Å². The smallest absolute Gasteiger partial charge is 0.306 e. The van der Waals surface area contributed by atoms with Crippen LogP contribution in [0.15, 0.2) is 24.0 Å². The van der Waals surface area contributed by atoms with E-state index in [1.807, 2.05) is 0 Å². The largest absolute Gasteiger partial charge is 0.481 e. The molecule has 0 saturated carbocycles. The summed E-state index contributed by atoms with van der Waals surface area (Å²) in [6, 6.07) is 0. The van der Waals surface area contributed by atoms with Crippen LogP contribution in [0, 0.1) is 5.92 Å². The maximum absolute atomic E-state index is 10.9. The predicted octanol–water partition coefficient (Wildman–Crippen LogP) is 3.63. The maximum Gasteiger partial charge on any atom is 0.306 e. The molecule has 1 fully saturated rings. The van der Waals surface area contributed by atoms with Crippen molar-refractivity contribution in [3.05, 3.63) is 24.0 Å². The van der Waals surface area contributed by atoms with Crippen molar-refractivity contribution in [2.75, 3.05) is 0 Å². The molecule has 0 unspecified atom stereocenters. The molecular formula is C14H25NO2S. The number of aliphatic carboxylic acids is 1. The van der Waals surface area contributed by atoms with E-state index in [9.17, 15) is 4.79 Å². The number of rotatable bonds is 3. The molecule has 104 valence electrons. The molecule has 0 bridgehead atoms. The average Bonchev–Trinajstić information content (AvgIpc) is 2.14. The lowest BCUT2D eigenvalue weighted by molar-refractivity contribution is -0.144. The number of carboxylic acids is 1. The molecule has 1 aliphatic heterocycles. The zero-order valence-electron chi connectivity index (χ0n) is 11.8. The van der Waals surface area contributed by atoms with Crippen molar-refractivity contribution >= 4 is 17.7 Å². The molecule has 0 aromatic rings. The Labute approximate surface area is 115 Å². The molecule has 1 saturated heterocycles. The molecule has 1 rings (SSSR count). The third-order valence-electron chi connectivity index (χ3n) is 2.73. The first-order chi connectivity index (χ1) is 8.13. The Bertz CT molecular complexity index is 289. The fourth-order valence-electron chi connectivity index (χ4n) is 2.56. The van der Waals surface area contributed by atoms with Gasteiger partial charge in [-0.3, -0.25) is 4.79 Å². The second-order valence-electron chi connectivity index (χ2n) is 5.81. The van der Waals surface area contributed by atoms with Gasteiger partial charge in [0, 0.05) is 11.1 Å². The third-order valence-corrected chi connectivity index (χ3v) is 3.12. The van der Waals surface area contributed by atoms with Crippen LogP contribution in [-0.2, 0) is 4.79 Å². The predicted molar refractivity (Wildman–Crippen MR) is 79.6 cm³/mol. The lowest BCUT2D eigenvalue weighted by atomic mass is 9.76. The van der Waals surface area contributed by atoms with Crippen LogP contribution in [0.2, 0.25) is 0 Å². The zero-order valence-corrected chi connectivity index (χ0v) is 12.6. The molecule has 1 aliphatic rings. The van der Waals surface area contributed by atoms with Gasteiger partial charge in [0.1, 0.15) is 0 Å². The fraction of sp³-hybridized carbons (Fsp3) is 0.643. The molecule has 0 aromatic carbocycles. The fourth-order valence-corrected chi connectivity index (χ4v) is 2.70. The average molecular weight is 271 g/mol. The van der Waals surface area contributed by atoms with Gasteiger partial charge in [-0.25, -0.2) is 0 Å². The minimum absolute atomic E-state index is 0.0647. The Kier molecular flexibility index (Phi) is 6.71. The molecular weight excluding hydrogens is 246 g/mol. The van der Waals surface area contributed by atoms with Gasteiger partial charge in [-0.15, -0.1) is 11.8 Å². The molecule has 0 aromatic heterocycles. The van der Waals surface area contributed by atoms with Gasteiger partial charge >= 0.3 is 5.97 Å². The first-order valence-corrected chi connectivity index (χ1v) is 6.97. The number of hydrogen-bond donors (Lipinski definition) is 2. The van der Waals surface area contributed by atoms with E-state index in [0.717, 1.165) is 0 Å². The van der Waals surface area contributed by atoms with Crippen LogP contribution in [0.4, 0.5) is 0 Å². The summed E-state index contributed by atoms with van der Waals surface area (Å²) in [6.07, 6.45) is 1.43. The highest BCUT2D eigenvalue weighted by Crippen LogP contribution is 2.32. The Morgan fingerprint density at radius 1 is 1.22 bits per heavy atom. The van der Waals surface area contributed by atoms with Crippen LogP contribution in [0.3, 0.4) is 0 Å². The van der Waals surface area contributed by atoms with Crippen molar-refractivity contribution in [3.8, 4) is 0 Å². The van der Waals surface area contributed by atoms with E-state index < -0.39 is 5.97 Å². The molecule has 3 nitrogen and oxygen atoms in total. The van der Waals surface area contributed by atoms with E-state index in [4.69, 9.17) is 5.11 Å². The van der Waals surface area contributed by atoms with Gasteiger partial charge in [0.25, 0.3) is 0 Å². The number of carboxylic acid groups (broad SMARTS) is 1. The van der Waals surface area contributed by atoms with E-state index >= 15 is 0 Å². The molecule has 2 N–H and O–H groups in total. The molecule has 4 heteroatoms. The van der Waals surface area contributed by atoms with Crippen LogP contribution in [0.25, 0.3) is 0 Å². The summed E-state index contributed by atoms with van der Waals surface area (Å²) in [5.74, 6) is -0.867. The van der Waals surface area contributed by atoms with E-state index in [2.05, 4.69) is 46.2 Å². The Balaban J connectivity index is 0.000000494. The third kappa shape index (κ3) is 6.87. The van der Waals surface area contributed by atoms with Crippen LogP contribution in [-0.4, -0.2) is 22.2 Å². The van der Waals surface area contributed by atoms with Crippen molar-refractivity contribution in [3.63, 3.8) is 0 Å². The molecule has 0 atom stereocenters. The Morgan fingerprint density at radius 3 is 1.83 bits per heavy atom. The van der Waals surface area contributed by atoms with Crippen LogP contribution in [0.5, 0.6) is 0 Å². The van der Waals surface area contributed by atoms with E-state index in [0.29, 0.717) is 12.8 Å². The molecule has 1 heterocycles. The molecule has 18 heavy (non-hydrogen) atoms. The lowest BCUT2D eigenvalue weighted by Crippen LogP contribution is -2.58. The maximum atomic E-state index is 10.9. The minimum Gasteiger partial charge on any atom is -0.481 e. The van der Waals surface area contributed by atoms with E-state index in [-0.39, 0.29) is 17.0 Å². The Morgan fingerprint density at radius 2 is 1.61 bits per heavy atom. The van der Waals surface area contributed by atoms with Gasteiger partial charge < -0.3 is 10.4 Å². The highest BCUT2D eigenvalue weighted by molar-refractivity contribution is 8.04. The highest BCUT2D eigenvalue weighted by Gasteiger charge is 2.40. The van der Waals surface area contributed by atoms with Crippen molar-refractivity contribution in [2.24, 2.45) is 5.92 Å². The zero-order chi connectivity index (χ0) is 14.4. The number of thioether (sulfide) groups is 1. The number of piperidine rings is 1. The quantitative estimate of drug-likeness (QED) is 0.823. The van der Waals surface area contributed by atoms with Gasteiger partial charge in [0.2, 0.25) is 0 Å². The number of carbonyl (C=O) groups is 1. The number of hydrogen-bond acceptors (Lipinski definition) is 3. The molecule has 0 aliphatic carbocycles. The highest BCUT2D eigenvalue weighted by atomic mass is 32.2. The monoisotopic (exact) mass is 271 g/mol. The first kappa shape index (κ1) is 17.3. The van der Waals surface area contributed by atoms with Crippen LogP contribution < -0.4 is 5.32 Å². The standard InChI is InChI=1S/C10H19NO2.C4H6S/c1-9(2)5-7(8(12)13)6-10(3,4)11-9;1-3-5-4-2/h7,11H,5-6H2,1-4H3,(H,12,13);3-4H,1-2H2. The summed E-state index contributed by atoms with van der Waals surface area (Å²) in [6.45, 7) is 15.1. The minimum atomic E-state index is -0.664. The van der Waals surface area contributed by atoms with Crippen LogP contribution >= 0.6 is 11.8 Å². The van der Waals surface area contributed by atoms with Gasteiger partial charge in [0.15, 0.2) is 0 Å². The summed E-state index contributed by atoms with van der Waals surface area (Å²) < 4.78 is 0. The second kappa shape index (κ2) is 7.00. The van der Waals surface area contributed by atoms with E-state index in [1.54, 1.807) is 10.8 Å². The van der Waals surface area contributed by atoms with Crippen molar-refractivity contribution < 1.29 is 9.90 Å². The molecule has 0 amide bonds. The van der Waals surface area contributed by atoms with Crippen molar-refractivity contribution in [1.29, 1.82) is 0 Å². The second-order valence-corrected chi connectivity index (χ2v) is 6.74. The van der Waals surface area contributed by atoms with Crippen LogP contribution in [0.1, 0.15) is 40.5 Å².